The molecule has 4 rings (SSSR count). The van der Waals surface area contributed by atoms with Gasteiger partial charge in [0.25, 0.3) is 5.91 Å². The molecule has 0 bridgehead atoms. The molecular weight excluding hydrogens is 572 g/mol. The van der Waals surface area contributed by atoms with E-state index in [1.807, 2.05) is 0 Å². The van der Waals surface area contributed by atoms with E-state index in [-0.39, 0.29) is 59.2 Å². The average Bonchev–Trinajstić information content (AvgIpc) is 3.28. The number of carbonyl (C=O) groups is 3. The number of ketones is 1. The predicted octanol–water partition coefficient (Wildman–Crippen LogP) is 6.57. The van der Waals surface area contributed by atoms with Gasteiger partial charge in [0, 0.05) is 18.9 Å². The minimum absolute atomic E-state index is 0.00607. The van der Waals surface area contributed by atoms with Gasteiger partial charge >= 0.3 is 12.1 Å². The Hall–Kier alpha value is -2.66. The first-order chi connectivity index (χ1) is 18.5. The Morgan fingerprint density at radius 1 is 1.07 bits per heavy atom. The topological polar surface area (TPSA) is 105 Å². The van der Waals surface area contributed by atoms with Gasteiger partial charge in [-0.1, -0.05) is 37.0 Å². The highest BCUT2D eigenvalue weighted by atomic mass is 35.5. The van der Waals surface area contributed by atoms with E-state index >= 15 is 0 Å². The van der Waals surface area contributed by atoms with Crippen molar-refractivity contribution in [1.29, 1.82) is 0 Å². The van der Waals surface area contributed by atoms with Gasteiger partial charge in [0.1, 0.15) is 0 Å². The average molecular weight is 603 g/mol. The zero-order valence-corrected chi connectivity index (χ0v) is 23.9. The van der Waals surface area contributed by atoms with E-state index in [1.54, 1.807) is 6.92 Å². The standard InChI is InChI=1S/C27H31Cl2F3N4O4/c1-25(2)8-15(9-25)13-35(14-20(37)21-18(28)11-33-12-19(21)29)23(38)17-10-34-36(22(17)27(30,31)32)16-4-6-26(3,7-5-16)24(39)40/h10-12,15-16H,4-9,13-14H2,1-3H3,(H,39,40)/t16-,26-. The van der Waals surface area contributed by atoms with Gasteiger partial charge in [-0.25, -0.2) is 0 Å². The molecule has 2 aromatic rings. The van der Waals surface area contributed by atoms with Crippen LogP contribution in [0.25, 0.3) is 0 Å². The Morgan fingerprint density at radius 3 is 2.15 bits per heavy atom. The summed E-state index contributed by atoms with van der Waals surface area (Å²) in [5.41, 5.74) is -2.90. The van der Waals surface area contributed by atoms with E-state index in [1.165, 1.54) is 12.4 Å². The van der Waals surface area contributed by atoms with Gasteiger partial charge in [-0.3, -0.25) is 24.0 Å². The fourth-order valence-electron chi connectivity index (χ4n) is 6.04. The van der Waals surface area contributed by atoms with Crippen LogP contribution in [0.1, 0.15) is 91.7 Å². The highest BCUT2D eigenvalue weighted by molar-refractivity contribution is 6.39. The van der Waals surface area contributed by atoms with Crippen LogP contribution in [-0.2, 0) is 11.0 Å². The van der Waals surface area contributed by atoms with Gasteiger partial charge in [0.05, 0.1) is 45.4 Å². The first kappa shape index (κ1) is 30.3. The Kier molecular flexibility index (Phi) is 8.31. The van der Waals surface area contributed by atoms with Crippen molar-refractivity contribution < 1.29 is 32.7 Å². The molecule has 1 amide bonds. The number of aliphatic carboxylic acids is 1. The summed E-state index contributed by atoms with van der Waals surface area (Å²) in [7, 11) is 0. The molecule has 2 fully saturated rings. The predicted molar refractivity (Wildman–Crippen MR) is 141 cm³/mol. The van der Waals surface area contributed by atoms with Gasteiger partial charge in [0.15, 0.2) is 11.5 Å². The van der Waals surface area contributed by atoms with Gasteiger partial charge in [0.2, 0.25) is 0 Å². The molecule has 40 heavy (non-hydrogen) atoms. The van der Waals surface area contributed by atoms with Gasteiger partial charge in [-0.15, -0.1) is 0 Å². The zero-order valence-electron chi connectivity index (χ0n) is 22.4. The largest absolute Gasteiger partial charge is 0.481 e. The molecular formula is C27H31Cl2F3N4O4. The van der Waals surface area contributed by atoms with Crippen LogP contribution in [0.15, 0.2) is 18.6 Å². The third kappa shape index (κ3) is 6.15. The summed E-state index contributed by atoms with van der Waals surface area (Å²) >= 11 is 12.3. The van der Waals surface area contributed by atoms with Crippen molar-refractivity contribution in [3.8, 4) is 0 Å². The van der Waals surface area contributed by atoms with Crippen LogP contribution in [0.5, 0.6) is 0 Å². The molecule has 13 heteroatoms. The van der Waals surface area contributed by atoms with Crippen LogP contribution in [0.2, 0.25) is 10.0 Å². The maximum absolute atomic E-state index is 14.4. The van der Waals surface area contributed by atoms with Gasteiger partial charge in [-0.2, -0.15) is 18.3 Å². The van der Waals surface area contributed by atoms with Crippen molar-refractivity contribution in [3.05, 3.63) is 45.5 Å². The minimum atomic E-state index is -4.92. The third-order valence-electron chi connectivity index (χ3n) is 8.13. The van der Waals surface area contributed by atoms with E-state index in [0.717, 1.165) is 28.6 Å². The molecule has 1 N–H and O–H groups in total. The second-order valence-corrected chi connectivity index (χ2v) is 12.8. The molecule has 0 atom stereocenters. The van der Waals surface area contributed by atoms with Crippen LogP contribution in [-0.4, -0.2) is 55.5 Å². The van der Waals surface area contributed by atoms with E-state index in [9.17, 15) is 32.7 Å². The SMILES string of the molecule is CC1(C)CC(CN(CC(=O)c2c(Cl)cncc2Cl)C(=O)c2cnn([C@H]3CC[C@](C)(C(=O)O)CC3)c2C(F)(F)F)C1. The molecule has 2 heterocycles. The molecule has 2 aliphatic carbocycles. The quantitative estimate of drug-likeness (QED) is 0.342. The molecule has 2 aromatic heterocycles. The lowest BCUT2D eigenvalue weighted by Crippen LogP contribution is -2.45. The minimum Gasteiger partial charge on any atom is -0.481 e. The molecule has 218 valence electrons. The third-order valence-corrected chi connectivity index (χ3v) is 8.70. The monoisotopic (exact) mass is 602 g/mol. The number of Topliss-reactive ketones (excluding diaryl/α,β-unsaturated/α-hetero) is 1. The summed E-state index contributed by atoms with van der Waals surface area (Å²) in [5, 5.41) is 13.4. The van der Waals surface area contributed by atoms with Crippen molar-refractivity contribution in [1.82, 2.24) is 19.7 Å². The normalized spacial score (nSPS) is 22.9. The number of aromatic nitrogens is 3. The Morgan fingerprint density at radius 2 is 1.65 bits per heavy atom. The number of nitrogens with zero attached hydrogens (tertiary/aromatic N) is 4. The second-order valence-electron chi connectivity index (χ2n) is 12.0. The molecule has 0 aromatic carbocycles. The lowest BCUT2D eigenvalue weighted by molar-refractivity contribution is -0.152. The van der Waals surface area contributed by atoms with Crippen LogP contribution in [0.3, 0.4) is 0 Å². The van der Waals surface area contributed by atoms with Crippen LogP contribution in [0, 0.1) is 16.7 Å². The summed E-state index contributed by atoms with van der Waals surface area (Å²) in [6, 6.07) is -0.720. The Labute approximate surface area is 239 Å². The first-order valence-electron chi connectivity index (χ1n) is 13.0. The first-order valence-corrected chi connectivity index (χ1v) is 13.8. The highest BCUT2D eigenvalue weighted by Crippen LogP contribution is 2.46. The summed E-state index contributed by atoms with van der Waals surface area (Å²) < 4.78 is 44.1. The smallest absolute Gasteiger partial charge is 0.433 e. The van der Waals surface area contributed by atoms with Crippen molar-refractivity contribution >= 4 is 40.9 Å². The number of hydrogen-bond donors (Lipinski definition) is 1. The maximum Gasteiger partial charge on any atom is 0.433 e. The summed E-state index contributed by atoms with van der Waals surface area (Å²) in [6.45, 7) is 5.25. The van der Waals surface area contributed by atoms with E-state index < -0.39 is 53.1 Å². The number of halogens is 5. The molecule has 0 spiro atoms. The zero-order chi connectivity index (χ0) is 29.6. The van der Waals surface area contributed by atoms with Crippen LogP contribution in [0.4, 0.5) is 13.2 Å². The lowest BCUT2D eigenvalue weighted by atomic mass is 9.64. The van der Waals surface area contributed by atoms with Crippen molar-refractivity contribution in [2.45, 2.75) is 71.5 Å². The second kappa shape index (κ2) is 11.0. The number of hydrogen-bond acceptors (Lipinski definition) is 5. The van der Waals surface area contributed by atoms with Crippen LogP contribution >= 0.6 is 23.2 Å². The van der Waals surface area contributed by atoms with E-state index in [2.05, 4.69) is 23.9 Å². The Bertz CT molecular complexity index is 1290. The Balaban J connectivity index is 1.65. The summed E-state index contributed by atoms with van der Waals surface area (Å²) in [6.07, 6.45) is 0.622. The van der Waals surface area contributed by atoms with E-state index in [4.69, 9.17) is 23.2 Å². The number of alkyl halides is 3. The van der Waals surface area contributed by atoms with Gasteiger partial charge < -0.3 is 10.0 Å². The number of carboxylic acids is 1. The number of carbonyl (C=O) groups excluding carboxylic acids is 2. The molecule has 0 aliphatic heterocycles. The maximum atomic E-state index is 14.4. The molecule has 8 nitrogen and oxygen atoms in total. The van der Waals surface area contributed by atoms with Gasteiger partial charge in [-0.05, 0) is 56.8 Å². The molecule has 0 unspecified atom stereocenters. The molecule has 0 saturated heterocycles. The number of pyridine rings is 1. The molecule has 0 radical (unpaired) electrons. The summed E-state index contributed by atoms with van der Waals surface area (Å²) in [4.78, 5) is 43.5. The highest BCUT2D eigenvalue weighted by Gasteiger charge is 2.46. The summed E-state index contributed by atoms with van der Waals surface area (Å²) in [5.74, 6) is -2.58. The fraction of sp³-hybridized carbons (Fsp3) is 0.593. The van der Waals surface area contributed by atoms with Crippen molar-refractivity contribution in [2.75, 3.05) is 13.1 Å². The van der Waals surface area contributed by atoms with E-state index in [0.29, 0.717) is 0 Å². The fourth-order valence-corrected chi connectivity index (χ4v) is 6.62. The lowest BCUT2D eigenvalue weighted by Gasteiger charge is -2.44. The molecule has 2 aliphatic rings. The number of amides is 1. The van der Waals surface area contributed by atoms with Crippen molar-refractivity contribution in [2.24, 2.45) is 16.7 Å². The molecule has 2 saturated carbocycles. The van der Waals surface area contributed by atoms with Crippen molar-refractivity contribution in [3.63, 3.8) is 0 Å². The van der Waals surface area contributed by atoms with Crippen LogP contribution < -0.4 is 0 Å². The number of rotatable bonds is 8. The number of carboxylic acid groups (broad SMARTS) is 1.